The maximum absolute atomic E-state index is 12.0. The second-order valence-electron chi connectivity index (χ2n) is 3.85. The summed E-state index contributed by atoms with van der Waals surface area (Å²) in [7, 11) is 0. The van der Waals surface area contributed by atoms with Crippen LogP contribution in [0.1, 0.15) is 10.4 Å². The molecule has 0 fully saturated rings. The van der Waals surface area contributed by atoms with Crippen LogP contribution in [0.4, 0.5) is 5.13 Å². The lowest BCUT2D eigenvalue weighted by Gasteiger charge is -2.03. The van der Waals surface area contributed by atoms with Crippen LogP contribution < -0.4 is 5.32 Å². The molecular weight excluding hydrogens is 276 g/mol. The van der Waals surface area contributed by atoms with Gasteiger partial charge in [-0.2, -0.15) is 0 Å². The fourth-order valence-corrected chi connectivity index (χ4v) is 2.94. The minimum Gasteiger partial charge on any atom is -0.298 e. The predicted molar refractivity (Wildman–Crippen MR) is 79.8 cm³/mol. The quantitative estimate of drug-likeness (QED) is 0.786. The van der Waals surface area contributed by atoms with Crippen LogP contribution in [-0.4, -0.2) is 10.9 Å². The fourth-order valence-electron chi connectivity index (χ4n) is 1.68. The third-order valence-corrected chi connectivity index (χ3v) is 4.21. The second-order valence-corrected chi connectivity index (χ2v) is 5.69. The van der Waals surface area contributed by atoms with Gasteiger partial charge in [-0.25, -0.2) is 4.98 Å². The summed E-state index contributed by atoms with van der Waals surface area (Å²) >= 11 is 3.09. The summed E-state index contributed by atoms with van der Waals surface area (Å²) in [5, 5.41) is 7.25. The maximum atomic E-state index is 12.0. The molecule has 3 aromatic rings. The number of thiophene rings is 1. The van der Waals surface area contributed by atoms with Gasteiger partial charge in [0.25, 0.3) is 5.91 Å². The van der Waals surface area contributed by atoms with Crippen molar-refractivity contribution in [3.63, 3.8) is 0 Å². The van der Waals surface area contributed by atoms with Crippen LogP contribution in [0, 0.1) is 0 Å². The van der Waals surface area contributed by atoms with E-state index in [-0.39, 0.29) is 5.91 Å². The Morgan fingerprint density at radius 2 is 1.89 bits per heavy atom. The minimum absolute atomic E-state index is 0.132. The van der Waals surface area contributed by atoms with Crippen LogP contribution in [-0.2, 0) is 0 Å². The number of hydrogen-bond donors (Lipinski definition) is 1. The number of benzene rings is 1. The lowest BCUT2D eigenvalue weighted by Crippen LogP contribution is -2.11. The molecule has 19 heavy (non-hydrogen) atoms. The highest BCUT2D eigenvalue weighted by atomic mass is 32.1. The number of carbonyl (C=O) groups is 1. The molecule has 2 heterocycles. The number of hydrogen-bond acceptors (Lipinski definition) is 4. The molecule has 3 rings (SSSR count). The first-order chi connectivity index (χ1) is 9.33. The predicted octanol–water partition coefficient (Wildman–Crippen LogP) is 4.12. The summed E-state index contributed by atoms with van der Waals surface area (Å²) in [6, 6.07) is 11.7. The van der Waals surface area contributed by atoms with Crippen molar-refractivity contribution in [2.24, 2.45) is 0 Å². The smallest absolute Gasteiger partial charge is 0.257 e. The first-order valence-corrected chi connectivity index (χ1v) is 7.43. The summed E-state index contributed by atoms with van der Waals surface area (Å²) in [5.74, 6) is -0.132. The zero-order valence-electron chi connectivity index (χ0n) is 9.87. The van der Waals surface area contributed by atoms with Crippen molar-refractivity contribution in [3.05, 3.63) is 58.9 Å². The molecule has 0 aliphatic carbocycles. The molecule has 0 unspecified atom stereocenters. The Morgan fingerprint density at radius 3 is 2.53 bits per heavy atom. The second kappa shape index (κ2) is 5.34. The van der Waals surface area contributed by atoms with Gasteiger partial charge in [0.2, 0.25) is 0 Å². The Kier molecular flexibility index (Phi) is 3.39. The molecule has 0 atom stereocenters. The van der Waals surface area contributed by atoms with E-state index in [0.29, 0.717) is 10.7 Å². The van der Waals surface area contributed by atoms with E-state index in [4.69, 9.17) is 0 Å². The summed E-state index contributed by atoms with van der Waals surface area (Å²) in [4.78, 5) is 17.2. The van der Waals surface area contributed by atoms with Gasteiger partial charge in [0.05, 0.1) is 0 Å². The normalized spacial score (nSPS) is 10.3. The van der Waals surface area contributed by atoms with Gasteiger partial charge in [-0.05, 0) is 29.1 Å². The molecule has 1 N–H and O–H groups in total. The van der Waals surface area contributed by atoms with Crippen molar-refractivity contribution in [3.8, 4) is 10.4 Å². The van der Waals surface area contributed by atoms with E-state index in [1.807, 2.05) is 41.1 Å². The molecule has 0 spiro atoms. The van der Waals surface area contributed by atoms with Crippen LogP contribution in [0.5, 0.6) is 0 Å². The van der Waals surface area contributed by atoms with Crippen LogP contribution >= 0.6 is 22.7 Å². The van der Waals surface area contributed by atoms with Gasteiger partial charge in [-0.15, -0.1) is 22.7 Å². The highest BCUT2D eigenvalue weighted by molar-refractivity contribution is 7.14. The van der Waals surface area contributed by atoms with Gasteiger partial charge in [0.15, 0.2) is 5.13 Å². The van der Waals surface area contributed by atoms with Crippen molar-refractivity contribution < 1.29 is 4.79 Å². The van der Waals surface area contributed by atoms with Crippen molar-refractivity contribution >= 4 is 33.7 Å². The van der Waals surface area contributed by atoms with Crippen LogP contribution in [0.2, 0.25) is 0 Å². The molecule has 0 saturated carbocycles. The standard InChI is InChI=1S/C14H10N2OS2/c17-13(16-14-15-7-9-19-14)11-5-3-10(4-6-11)12-2-1-8-18-12/h1-9H,(H,15,16,17). The number of thiazole rings is 1. The Morgan fingerprint density at radius 1 is 1.05 bits per heavy atom. The monoisotopic (exact) mass is 286 g/mol. The maximum Gasteiger partial charge on any atom is 0.257 e. The van der Waals surface area contributed by atoms with Gasteiger partial charge < -0.3 is 0 Å². The number of anilines is 1. The molecule has 0 aliphatic heterocycles. The summed E-state index contributed by atoms with van der Waals surface area (Å²) in [6.45, 7) is 0. The molecule has 3 nitrogen and oxygen atoms in total. The molecule has 94 valence electrons. The van der Waals surface area contributed by atoms with Gasteiger partial charge in [0.1, 0.15) is 0 Å². The number of amides is 1. The van der Waals surface area contributed by atoms with Crippen molar-refractivity contribution in [2.45, 2.75) is 0 Å². The molecule has 5 heteroatoms. The van der Waals surface area contributed by atoms with E-state index in [9.17, 15) is 4.79 Å². The Labute approximate surface area is 118 Å². The molecule has 0 aliphatic rings. The van der Waals surface area contributed by atoms with Gasteiger partial charge in [0, 0.05) is 22.0 Å². The van der Waals surface area contributed by atoms with Gasteiger partial charge >= 0.3 is 0 Å². The fraction of sp³-hybridized carbons (Fsp3) is 0. The molecular formula is C14H10N2OS2. The van der Waals surface area contributed by atoms with E-state index >= 15 is 0 Å². The molecule has 0 radical (unpaired) electrons. The highest BCUT2D eigenvalue weighted by Gasteiger charge is 2.07. The number of carbonyl (C=O) groups excluding carboxylic acids is 1. The van der Waals surface area contributed by atoms with E-state index in [1.165, 1.54) is 16.2 Å². The zero-order chi connectivity index (χ0) is 13.1. The summed E-state index contributed by atoms with van der Waals surface area (Å²) in [5.41, 5.74) is 1.76. The zero-order valence-corrected chi connectivity index (χ0v) is 11.5. The molecule has 1 amide bonds. The van der Waals surface area contributed by atoms with Crippen molar-refractivity contribution in [1.82, 2.24) is 4.98 Å². The van der Waals surface area contributed by atoms with E-state index in [2.05, 4.69) is 16.4 Å². The average Bonchev–Trinajstić information content (AvgIpc) is 3.12. The lowest BCUT2D eigenvalue weighted by molar-refractivity contribution is 0.102. The number of nitrogens with one attached hydrogen (secondary N) is 1. The Hall–Kier alpha value is -1.98. The lowest BCUT2D eigenvalue weighted by atomic mass is 10.1. The van der Waals surface area contributed by atoms with E-state index in [0.717, 1.165) is 5.56 Å². The first-order valence-electron chi connectivity index (χ1n) is 5.68. The highest BCUT2D eigenvalue weighted by Crippen LogP contribution is 2.24. The molecule has 0 saturated heterocycles. The number of rotatable bonds is 3. The Bertz CT molecular complexity index is 658. The van der Waals surface area contributed by atoms with Crippen LogP contribution in [0.25, 0.3) is 10.4 Å². The van der Waals surface area contributed by atoms with Crippen LogP contribution in [0.15, 0.2) is 53.4 Å². The Balaban J connectivity index is 1.77. The number of nitrogens with zero attached hydrogens (tertiary/aromatic N) is 1. The average molecular weight is 286 g/mol. The van der Waals surface area contributed by atoms with Gasteiger partial charge in [-0.1, -0.05) is 18.2 Å². The summed E-state index contributed by atoms with van der Waals surface area (Å²) in [6.07, 6.45) is 1.67. The largest absolute Gasteiger partial charge is 0.298 e. The SMILES string of the molecule is O=C(Nc1nccs1)c1ccc(-c2cccs2)cc1. The molecule has 0 bridgehead atoms. The van der Waals surface area contributed by atoms with Crippen molar-refractivity contribution in [1.29, 1.82) is 0 Å². The topological polar surface area (TPSA) is 42.0 Å². The van der Waals surface area contributed by atoms with Crippen molar-refractivity contribution in [2.75, 3.05) is 5.32 Å². The van der Waals surface area contributed by atoms with Crippen LogP contribution in [0.3, 0.4) is 0 Å². The van der Waals surface area contributed by atoms with E-state index < -0.39 is 0 Å². The first kappa shape index (κ1) is 12.1. The van der Waals surface area contributed by atoms with E-state index in [1.54, 1.807) is 17.5 Å². The third-order valence-electron chi connectivity index (χ3n) is 2.61. The summed E-state index contributed by atoms with van der Waals surface area (Å²) < 4.78 is 0. The third kappa shape index (κ3) is 2.72. The molecule has 1 aromatic carbocycles. The minimum atomic E-state index is -0.132. The molecule has 2 aromatic heterocycles. The number of aromatic nitrogens is 1. The van der Waals surface area contributed by atoms with Gasteiger partial charge in [-0.3, -0.25) is 10.1 Å².